The highest BCUT2D eigenvalue weighted by molar-refractivity contribution is 5.90. The molecule has 0 radical (unpaired) electrons. The molecule has 0 atom stereocenters. The molecule has 0 fully saturated rings. The number of nitrogens with one attached hydrogen (secondary N) is 1. The Hall–Kier alpha value is -3.41. The van der Waals surface area contributed by atoms with Crippen molar-refractivity contribution in [2.75, 3.05) is 0 Å². The van der Waals surface area contributed by atoms with E-state index in [4.69, 9.17) is 8.94 Å². The predicted molar refractivity (Wildman–Crippen MR) is 101 cm³/mol. The Morgan fingerprint density at radius 1 is 1.04 bits per heavy atom. The molecule has 136 valence electrons. The van der Waals surface area contributed by atoms with Gasteiger partial charge in [-0.3, -0.25) is 4.79 Å². The third-order valence-electron chi connectivity index (χ3n) is 4.49. The van der Waals surface area contributed by atoms with Crippen LogP contribution in [0.2, 0.25) is 0 Å². The van der Waals surface area contributed by atoms with E-state index in [1.165, 1.54) is 5.56 Å². The number of fused-ring (bicyclic) bond motifs is 1. The number of furan rings is 1. The Morgan fingerprint density at radius 2 is 1.78 bits per heavy atom. The second-order valence-corrected chi connectivity index (χ2v) is 6.65. The molecule has 0 saturated heterocycles. The van der Waals surface area contributed by atoms with E-state index < -0.39 is 5.91 Å². The molecule has 27 heavy (non-hydrogen) atoms. The molecule has 0 saturated carbocycles. The second-order valence-electron chi connectivity index (χ2n) is 6.65. The second kappa shape index (κ2) is 6.72. The minimum absolute atomic E-state index is 0.0897. The van der Waals surface area contributed by atoms with Crippen molar-refractivity contribution in [1.82, 2.24) is 15.5 Å². The summed E-state index contributed by atoms with van der Waals surface area (Å²) in [6.45, 7) is 6.37. The quantitative estimate of drug-likeness (QED) is 0.585. The van der Waals surface area contributed by atoms with Crippen LogP contribution in [0.25, 0.3) is 22.6 Å². The average Bonchev–Trinajstić information content (AvgIpc) is 3.26. The molecule has 4 rings (SSSR count). The molecular weight excluding hydrogens is 342 g/mol. The standard InChI is InChI=1S/C21H19N3O3/c1-12-4-7-15(8-5-12)11-22-20(25)21-23-19(24-27-21)18-14(3)16-10-13(2)6-9-17(16)26-18/h4-10H,11H2,1-3H3,(H,22,25). The van der Waals surface area contributed by atoms with Crippen LogP contribution in [0.4, 0.5) is 0 Å². The summed E-state index contributed by atoms with van der Waals surface area (Å²) >= 11 is 0. The van der Waals surface area contributed by atoms with E-state index in [9.17, 15) is 4.79 Å². The molecule has 0 spiro atoms. The summed E-state index contributed by atoms with van der Waals surface area (Å²) in [6.07, 6.45) is 0. The lowest BCUT2D eigenvalue weighted by Crippen LogP contribution is -2.23. The minimum Gasteiger partial charge on any atom is -0.452 e. The van der Waals surface area contributed by atoms with Crippen LogP contribution < -0.4 is 5.32 Å². The van der Waals surface area contributed by atoms with Crippen molar-refractivity contribution >= 4 is 16.9 Å². The molecule has 4 aromatic rings. The zero-order valence-corrected chi connectivity index (χ0v) is 15.4. The highest BCUT2D eigenvalue weighted by Crippen LogP contribution is 2.31. The molecule has 1 amide bonds. The van der Waals surface area contributed by atoms with Crippen molar-refractivity contribution in [1.29, 1.82) is 0 Å². The SMILES string of the molecule is Cc1ccc(CNC(=O)c2nc(-c3oc4ccc(C)cc4c3C)no2)cc1. The topological polar surface area (TPSA) is 81.2 Å². The van der Waals surface area contributed by atoms with Crippen LogP contribution in [-0.2, 0) is 6.54 Å². The highest BCUT2D eigenvalue weighted by Gasteiger charge is 2.21. The van der Waals surface area contributed by atoms with Crippen LogP contribution in [0.5, 0.6) is 0 Å². The van der Waals surface area contributed by atoms with Gasteiger partial charge in [0.2, 0.25) is 5.82 Å². The minimum atomic E-state index is -0.418. The van der Waals surface area contributed by atoms with E-state index in [-0.39, 0.29) is 11.7 Å². The molecule has 6 heteroatoms. The summed E-state index contributed by atoms with van der Waals surface area (Å²) in [7, 11) is 0. The Labute approximate surface area is 156 Å². The molecule has 0 bridgehead atoms. The lowest BCUT2D eigenvalue weighted by atomic mass is 10.1. The van der Waals surface area contributed by atoms with Crippen molar-refractivity contribution in [3.63, 3.8) is 0 Å². The molecule has 2 aromatic carbocycles. The number of amides is 1. The van der Waals surface area contributed by atoms with Gasteiger partial charge in [-0.1, -0.05) is 46.6 Å². The maximum absolute atomic E-state index is 12.3. The first-order valence-electron chi connectivity index (χ1n) is 8.69. The predicted octanol–water partition coefficient (Wildman–Crippen LogP) is 4.34. The van der Waals surface area contributed by atoms with Crippen LogP contribution in [0.15, 0.2) is 51.4 Å². The van der Waals surface area contributed by atoms with E-state index in [0.717, 1.165) is 27.7 Å². The number of benzene rings is 2. The van der Waals surface area contributed by atoms with Crippen molar-refractivity contribution < 1.29 is 13.7 Å². The highest BCUT2D eigenvalue weighted by atomic mass is 16.5. The van der Waals surface area contributed by atoms with Gasteiger partial charge in [0, 0.05) is 17.5 Å². The number of nitrogens with zero attached hydrogens (tertiary/aromatic N) is 2. The van der Waals surface area contributed by atoms with E-state index in [2.05, 4.69) is 15.5 Å². The molecule has 0 aliphatic heterocycles. The smallest absolute Gasteiger partial charge is 0.316 e. The number of carbonyl (C=O) groups is 1. The van der Waals surface area contributed by atoms with Gasteiger partial charge in [0.1, 0.15) is 5.58 Å². The van der Waals surface area contributed by atoms with Gasteiger partial charge in [0.05, 0.1) is 0 Å². The van der Waals surface area contributed by atoms with Gasteiger partial charge in [0.15, 0.2) is 5.76 Å². The zero-order valence-electron chi connectivity index (χ0n) is 15.4. The number of carbonyl (C=O) groups excluding carboxylic acids is 1. The number of hydrogen-bond acceptors (Lipinski definition) is 5. The fraction of sp³-hybridized carbons (Fsp3) is 0.190. The number of aryl methyl sites for hydroxylation is 3. The summed E-state index contributed by atoms with van der Waals surface area (Å²) in [5, 5.41) is 7.69. The largest absolute Gasteiger partial charge is 0.452 e. The molecule has 0 aliphatic rings. The molecule has 2 heterocycles. The van der Waals surface area contributed by atoms with Crippen molar-refractivity contribution in [3.8, 4) is 11.6 Å². The van der Waals surface area contributed by atoms with Gasteiger partial charge in [0.25, 0.3) is 0 Å². The maximum Gasteiger partial charge on any atom is 0.316 e. The third-order valence-corrected chi connectivity index (χ3v) is 4.49. The fourth-order valence-corrected chi connectivity index (χ4v) is 2.92. The van der Waals surface area contributed by atoms with E-state index in [1.54, 1.807) is 0 Å². The summed E-state index contributed by atoms with van der Waals surface area (Å²) in [4.78, 5) is 16.5. The van der Waals surface area contributed by atoms with E-state index in [0.29, 0.717) is 12.3 Å². The van der Waals surface area contributed by atoms with Crippen molar-refractivity contribution in [2.24, 2.45) is 0 Å². The Balaban J connectivity index is 1.53. The van der Waals surface area contributed by atoms with Gasteiger partial charge in [-0.25, -0.2) is 0 Å². The van der Waals surface area contributed by atoms with Gasteiger partial charge in [-0.15, -0.1) is 0 Å². The Kier molecular flexibility index (Phi) is 4.24. The first kappa shape index (κ1) is 17.0. The van der Waals surface area contributed by atoms with Gasteiger partial charge >= 0.3 is 11.8 Å². The number of aromatic nitrogens is 2. The van der Waals surface area contributed by atoms with Crippen molar-refractivity contribution in [2.45, 2.75) is 27.3 Å². The lowest BCUT2D eigenvalue weighted by molar-refractivity contribution is 0.0907. The molecular formula is C21H19N3O3. The normalized spacial score (nSPS) is 11.1. The average molecular weight is 361 g/mol. The molecule has 1 N–H and O–H groups in total. The van der Waals surface area contributed by atoms with Crippen LogP contribution in [-0.4, -0.2) is 16.0 Å². The Bertz CT molecular complexity index is 1120. The van der Waals surface area contributed by atoms with Crippen molar-refractivity contribution in [3.05, 3.63) is 70.6 Å². The zero-order chi connectivity index (χ0) is 19.0. The summed E-state index contributed by atoms with van der Waals surface area (Å²) in [5.41, 5.74) is 4.98. The van der Waals surface area contributed by atoms with Crippen LogP contribution in [0, 0.1) is 20.8 Å². The van der Waals surface area contributed by atoms with Crippen LogP contribution in [0.3, 0.4) is 0 Å². The summed E-state index contributed by atoms with van der Waals surface area (Å²) in [5.74, 6) is 0.269. The molecule has 0 aliphatic carbocycles. The van der Waals surface area contributed by atoms with Crippen LogP contribution in [0.1, 0.15) is 32.9 Å². The molecule has 2 aromatic heterocycles. The summed E-state index contributed by atoms with van der Waals surface area (Å²) in [6, 6.07) is 13.9. The van der Waals surface area contributed by atoms with E-state index in [1.807, 2.05) is 63.2 Å². The van der Waals surface area contributed by atoms with Gasteiger partial charge in [-0.05, 0) is 38.5 Å². The Morgan fingerprint density at radius 3 is 2.56 bits per heavy atom. The summed E-state index contributed by atoms with van der Waals surface area (Å²) < 4.78 is 11.0. The first-order chi connectivity index (χ1) is 13.0. The van der Waals surface area contributed by atoms with Gasteiger partial charge in [-0.2, -0.15) is 4.98 Å². The van der Waals surface area contributed by atoms with Crippen LogP contribution >= 0.6 is 0 Å². The van der Waals surface area contributed by atoms with Gasteiger partial charge < -0.3 is 14.3 Å². The number of hydrogen-bond donors (Lipinski definition) is 1. The molecule has 6 nitrogen and oxygen atoms in total. The monoisotopic (exact) mass is 361 g/mol. The maximum atomic E-state index is 12.3. The first-order valence-corrected chi connectivity index (χ1v) is 8.69. The van der Waals surface area contributed by atoms with E-state index >= 15 is 0 Å². The molecule has 0 unspecified atom stereocenters. The number of rotatable bonds is 4. The third kappa shape index (κ3) is 3.33. The fourth-order valence-electron chi connectivity index (χ4n) is 2.92. The lowest BCUT2D eigenvalue weighted by Gasteiger charge is -2.02.